The Balaban J connectivity index is 0.000000810. The van der Waals surface area contributed by atoms with Gasteiger partial charge in [0.1, 0.15) is 0 Å². The van der Waals surface area contributed by atoms with Crippen LogP contribution in [0, 0.1) is 0 Å². The molecule has 0 radical (unpaired) electrons. The summed E-state index contributed by atoms with van der Waals surface area (Å²) in [6, 6.07) is 0. The maximum atomic E-state index is 9.03. The van der Waals surface area contributed by atoms with Crippen molar-refractivity contribution in [2.45, 2.75) is 25.0 Å². The molecule has 0 aromatic carbocycles. The molecule has 0 aliphatic carbocycles. The first kappa shape index (κ1) is 10.2. The quantitative estimate of drug-likeness (QED) is 0.457. The highest BCUT2D eigenvalue weighted by Crippen LogP contribution is 2.03. The van der Waals surface area contributed by atoms with Crippen LogP contribution in [0.1, 0.15) is 12.8 Å². The van der Waals surface area contributed by atoms with Gasteiger partial charge in [0.15, 0.2) is 0 Å². The lowest BCUT2D eigenvalue weighted by Crippen LogP contribution is -2.27. The van der Waals surface area contributed by atoms with E-state index >= 15 is 0 Å². The lowest BCUT2D eigenvalue weighted by Gasteiger charge is -2.03. The molecular formula is C6H14ClNO2. The number of nitrogens with one attached hydrogen (secondary N) is 1. The van der Waals surface area contributed by atoms with E-state index in [1.165, 1.54) is 0 Å². The number of rotatable bonds is 0. The van der Waals surface area contributed by atoms with Crippen molar-refractivity contribution in [3.05, 3.63) is 0 Å². The van der Waals surface area contributed by atoms with Gasteiger partial charge in [0.25, 0.3) is 0 Å². The van der Waals surface area contributed by atoms with Crippen molar-refractivity contribution in [3.63, 3.8) is 0 Å². The van der Waals surface area contributed by atoms with Crippen molar-refractivity contribution >= 4 is 12.4 Å². The Kier molecular flexibility index (Phi) is 4.99. The number of aliphatic hydroxyl groups excluding tert-OH is 2. The molecule has 62 valence electrons. The van der Waals surface area contributed by atoms with Crippen molar-refractivity contribution in [2.24, 2.45) is 0 Å². The van der Waals surface area contributed by atoms with Gasteiger partial charge in [0.2, 0.25) is 0 Å². The van der Waals surface area contributed by atoms with Gasteiger partial charge in [-0.15, -0.1) is 12.4 Å². The van der Waals surface area contributed by atoms with Crippen LogP contribution in [-0.4, -0.2) is 35.5 Å². The topological polar surface area (TPSA) is 52.5 Å². The van der Waals surface area contributed by atoms with Crippen LogP contribution >= 0.6 is 12.4 Å². The van der Waals surface area contributed by atoms with Crippen LogP contribution in [0.3, 0.4) is 0 Å². The van der Waals surface area contributed by atoms with Crippen LogP contribution in [-0.2, 0) is 0 Å². The molecule has 1 heterocycles. The van der Waals surface area contributed by atoms with E-state index in [1.54, 1.807) is 0 Å². The minimum atomic E-state index is -0.262. The molecule has 0 amide bonds. The van der Waals surface area contributed by atoms with E-state index in [-0.39, 0.29) is 24.6 Å². The summed E-state index contributed by atoms with van der Waals surface area (Å²) >= 11 is 0. The predicted molar refractivity (Wildman–Crippen MR) is 41.4 cm³/mol. The average molecular weight is 168 g/mol. The molecule has 0 aromatic rings. The molecular weight excluding hydrogens is 154 g/mol. The Hall–Kier alpha value is 0.170. The van der Waals surface area contributed by atoms with Crippen LogP contribution in [0.5, 0.6) is 0 Å². The predicted octanol–water partition coefficient (Wildman–Crippen LogP) is -0.487. The van der Waals surface area contributed by atoms with Gasteiger partial charge in [-0.3, -0.25) is 0 Å². The van der Waals surface area contributed by atoms with E-state index < -0.39 is 0 Å². The Bertz CT molecular complexity index is 81.8. The van der Waals surface area contributed by atoms with Crippen molar-refractivity contribution in [2.75, 3.05) is 13.1 Å². The van der Waals surface area contributed by atoms with Gasteiger partial charge in [-0.05, 0) is 12.8 Å². The van der Waals surface area contributed by atoms with E-state index in [2.05, 4.69) is 5.32 Å². The highest BCUT2D eigenvalue weighted by molar-refractivity contribution is 5.85. The summed E-state index contributed by atoms with van der Waals surface area (Å²) in [5, 5.41) is 21.0. The van der Waals surface area contributed by atoms with Gasteiger partial charge < -0.3 is 15.5 Å². The zero-order valence-electron chi connectivity index (χ0n) is 5.79. The van der Waals surface area contributed by atoms with Crippen LogP contribution in [0.2, 0.25) is 0 Å². The molecule has 0 aromatic heterocycles. The zero-order valence-corrected chi connectivity index (χ0v) is 6.60. The van der Waals surface area contributed by atoms with Gasteiger partial charge in [-0.1, -0.05) is 0 Å². The molecule has 1 rings (SSSR count). The highest BCUT2D eigenvalue weighted by atomic mass is 35.5. The molecule has 0 unspecified atom stereocenters. The first-order chi connectivity index (χ1) is 4.29. The van der Waals surface area contributed by atoms with Crippen LogP contribution < -0.4 is 5.32 Å². The van der Waals surface area contributed by atoms with Crippen molar-refractivity contribution in [1.29, 1.82) is 0 Å². The SMILES string of the molecule is Cl.O[C@@H]1CC[C@@H](O)CNC1. The van der Waals surface area contributed by atoms with Gasteiger partial charge in [-0.2, -0.15) is 0 Å². The molecule has 1 saturated heterocycles. The van der Waals surface area contributed by atoms with Crippen LogP contribution in [0.15, 0.2) is 0 Å². The summed E-state index contributed by atoms with van der Waals surface area (Å²) in [4.78, 5) is 0. The Morgan fingerprint density at radius 2 is 1.40 bits per heavy atom. The normalized spacial score (nSPS) is 34.2. The van der Waals surface area contributed by atoms with Crippen molar-refractivity contribution in [1.82, 2.24) is 5.32 Å². The third kappa shape index (κ3) is 3.37. The first-order valence-electron chi connectivity index (χ1n) is 3.36. The zero-order chi connectivity index (χ0) is 6.69. The first-order valence-corrected chi connectivity index (χ1v) is 3.36. The standard InChI is InChI=1S/C6H13NO2.ClH/c8-5-1-2-6(9)4-7-3-5;/h5-9H,1-4H2;1H/t5-,6-;/m1./s1. The maximum Gasteiger partial charge on any atom is 0.0665 e. The second kappa shape index (κ2) is 4.91. The van der Waals surface area contributed by atoms with E-state index in [0.29, 0.717) is 25.9 Å². The highest BCUT2D eigenvalue weighted by Gasteiger charge is 2.13. The molecule has 1 aliphatic heterocycles. The molecule has 10 heavy (non-hydrogen) atoms. The summed E-state index contributed by atoms with van der Waals surface area (Å²) in [5.74, 6) is 0. The second-order valence-electron chi connectivity index (χ2n) is 2.54. The monoisotopic (exact) mass is 167 g/mol. The van der Waals surface area contributed by atoms with Crippen LogP contribution in [0.25, 0.3) is 0 Å². The van der Waals surface area contributed by atoms with E-state index in [1.807, 2.05) is 0 Å². The lowest BCUT2D eigenvalue weighted by molar-refractivity contribution is 0.144. The molecule has 4 heteroatoms. The lowest BCUT2D eigenvalue weighted by atomic mass is 10.1. The molecule has 0 bridgehead atoms. The maximum absolute atomic E-state index is 9.03. The number of aliphatic hydroxyl groups is 2. The molecule has 1 aliphatic rings. The van der Waals surface area contributed by atoms with Gasteiger partial charge >= 0.3 is 0 Å². The molecule has 3 nitrogen and oxygen atoms in total. The number of hydrogen-bond acceptors (Lipinski definition) is 3. The third-order valence-electron chi connectivity index (χ3n) is 1.59. The molecule has 0 spiro atoms. The Labute approximate surface area is 66.8 Å². The molecule has 2 atom stereocenters. The minimum absolute atomic E-state index is 0. The van der Waals surface area contributed by atoms with Crippen LogP contribution in [0.4, 0.5) is 0 Å². The fourth-order valence-corrected chi connectivity index (χ4v) is 1.01. The molecule has 1 fully saturated rings. The molecule has 3 N–H and O–H groups in total. The average Bonchev–Trinajstić information content (AvgIpc) is 1.97. The summed E-state index contributed by atoms with van der Waals surface area (Å²) in [7, 11) is 0. The summed E-state index contributed by atoms with van der Waals surface area (Å²) < 4.78 is 0. The summed E-state index contributed by atoms with van der Waals surface area (Å²) in [6.45, 7) is 1.24. The van der Waals surface area contributed by atoms with E-state index in [0.717, 1.165) is 0 Å². The molecule has 0 saturated carbocycles. The fourth-order valence-electron chi connectivity index (χ4n) is 1.01. The van der Waals surface area contributed by atoms with Gasteiger partial charge in [0.05, 0.1) is 12.2 Å². The summed E-state index contributed by atoms with van der Waals surface area (Å²) in [5.41, 5.74) is 0. The van der Waals surface area contributed by atoms with E-state index in [9.17, 15) is 0 Å². The van der Waals surface area contributed by atoms with Crippen molar-refractivity contribution in [3.8, 4) is 0 Å². The number of β-amino-alcohol motifs (C(OH)–C–C–N with tert-alkyl or cyclic N) is 2. The fraction of sp³-hybridized carbons (Fsp3) is 1.00. The minimum Gasteiger partial charge on any atom is -0.392 e. The van der Waals surface area contributed by atoms with E-state index in [4.69, 9.17) is 10.2 Å². The third-order valence-corrected chi connectivity index (χ3v) is 1.59. The largest absolute Gasteiger partial charge is 0.392 e. The smallest absolute Gasteiger partial charge is 0.0665 e. The second-order valence-corrected chi connectivity index (χ2v) is 2.54. The van der Waals surface area contributed by atoms with Crippen molar-refractivity contribution < 1.29 is 10.2 Å². The van der Waals surface area contributed by atoms with Gasteiger partial charge in [0, 0.05) is 13.1 Å². The van der Waals surface area contributed by atoms with Gasteiger partial charge in [-0.25, -0.2) is 0 Å². The Morgan fingerprint density at radius 1 is 1.00 bits per heavy atom. The summed E-state index contributed by atoms with van der Waals surface area (Å²) in [6.07, 6.45) is 0.909. The Morgan fingerprint density at radius 3 is 1.80 bits per heavy atom. The number of halogens is 1. The number of hydrogen-bond donors (Lipinski definition) is 3.